The number of aromatic nitrogens is 1. The maximum absolute atomic E-state index is 13.0. The van der Waals surface area contributed by atoms with Crippen molar-refractivity contribution in [1.82, 2.24) is 4.57 Å². The fourth-order valence-electron chi connectivity index (χ4n) is 3.11. The van der Waals surface area contributed by atoms with Crippen LogP contribution in [0.15, 0.2) is 54.0 Å². The number of amides is 1. The topological polar surface area (TPSA) is 77.8 Å². The molecule has 0 spiro atoms. The summed E-state index contributed by atoms with van der Waals surface area (Å²) in [5, 5.41) is 0. The molecule has 0 saturated heterocycles. The predicted molar refractivity (Wildman–Crippen MR) is 105 cm³/mol. The Hall–Kier alpha value is -3.35. The number of ether oxygens (including phenoxy) is 2. The first-order valence-corrected chi connectivity index (χ1v) is 9.04. The second-order valence-corrected chi connectivity index (χ2v) is 6.32. The van der Waals surface area contributed by atoms with E-state index in [9.17, 15) is 14.4 Å². The molecule has 0 saturated carbocycles. The van der Waals surface area contributed by atoms with E-state index < -0.39 is 6.04 Å². The molecule has 3 rings (SSSR count). The van der Waals surface area contributed by atoms with Crippen molar-refractivity contribution < 1.29 is 19.1 Å². The van der Waals surface area contributed by atoms with Gasteiger partial charge in [-0.15, -0.1) is 6.58 Å². The molecular formula is C21H22N2O5. The number of fused-ring (bicyclic) bond motifs is 1. The third kappa shape index (κ3) is 3.55. The maximum Gasteiger partial charge on any atom is 0.293 e. The van der Waals surface area contributed by atoms with E-state index in [1.54, 1.807) is 56.5 Å². The third-order valence-electron chi connectivity index (χ3n) is 4.53. The summed E-state index contributed by atoms with van der Waals surface area (Å²) in [6.45, 7) is 7.74. The lowest BCUT2D eigenvalue weighted by Crippen LogP contribution is -2.39. The highest BCUT2D eigenvalue weighted by atomic mass is 16.5. The van der Waals surface area contributed by atoms with Crippen molar-refractivity contribution in [2.24, 2.45) is 0 Å². The van der Waals surface area contributed by atoms with E-state index in [2.05, 4.69) is 6.58 Å². The predicted octanol–water partition coefficient (Wildman–Crippen LogP) is 2.60. The van der Waals surface area contributed by atoms with Crippen molar-refractivity contribution in [1.29, 1.82) is 0 Å². The van der Waals surface area contributed by atoms with Crippen LogP contribution in [0.25, 0.3) is 0 Å². The number of ketones is 1. The molecule has 1 aliphatic rings. The maximum atomic E-state index is 13.0. The molecule has 28 heavy (non-hydrogen) atoms. The number of anilines is 1. The SMILES string of the molecule is C=CCN1C(=O)COc2ccc(C(=O)C(C)n3cccc(OCC)c3=O)cc21. The number of benzene rings is 1. The molecule has 1 unspecified atom stereocenters. The summed E-state index contributed by atoms with van der Waals surface area (Å²) in [4.78, 5) is 39.2. The van der Waals surface area contributed by atoms with Crippen molar-refractivity contribution in [3.05, 3.63) is 65.1 Å². The Morgan fingerprint density at radius 3 is 2.86 bits per heavy atom. The molecule has 2 aromatic rings. The number of rotatable bonds is 7. The highest BCUT2D eigenvalue weighted by Gasteiger charge is 2.27. The van der Waals surface area contributed by atoms with Gasteiger partial charge >= 0.3 is 0 Å². The molecule has 0 aliphatic carbocycles. The van der Waals surface area contributed by atoms with Gasteiger partial charge in [0.15, 0.2) is 18.1 Å². The molecule has 0 N–H and O–H groups in total. The van der Waals surface area contributed by atoms with Gasteiger partial charge in [0.05, 0.1) is 18.3 Å². The minimum atomic E-state index is -0.737. The zero-order valence-corrected chi connectivity index (χ0v) is 15.9. The number of carbonyl (C=O) groups excluding carboxylic acids is 2. The lowest BCUT2D eigenvalue weighted by atomic mass is 10.0. The smallest absolute Gasteiger partial charge is 0.293 e. The van der Waals surface area contributed by atoms with Crippen LogP contribution in [-0.2, 0) is 4.79 Å². The van der Waals surface area contributed by atoms with Crippen molar-refractivity contribution in [3.63, 3.8) is 0 Å². The molecule has 2 heterocycles. The van der Waals surface area contributed by atoms with Crippen LogP contribution < -0.4 is 19.9 Å². The molecule has 1 aromatic carbocycles. The highest BCUT2D eigenvalue weighted by Crippen LogP contribution is 2.33. The Labute approximate surface area is 162 Å². The molecule has 7 heteroatoms. The van der Waals surface area contributed by atoms with Gasteiger partial charge in [-0.05, 0) is 44.2 Å². The van der Waals surface area contributed by atoms with Crippen LogP contribution in [0, 0.1) is 0 Å². The van der Waals surface area contributed by atoms with E-state index in [0.29, 0.717) is 30.2 Å². The van der Waals surface area contributed by atoms with E-state index in [0.717, 1.165) is 0 Å². The third-order valence-corrected chi connectivity index (χ3v) is 4.53. The number of Topliss-reactive ketones (excluding diaryl/α,β-unsaturated/α-hetero) is 1. The lowest BCUT2D eigenvalue weighted by Gasteiger charge is -2.29. The van der Waals surface area contributed by atoms with Crippen molar-refractivity contribution >= 4 is 17.4 Å². The summed E-state index contributed by atoms with van der Waals surface area (Å²) in [5.74, 6) is 0.271. The van der Waals surface area contributed by atoms with Gasteiger partial charge in [-0.3, -0.25) is 14.4 Å². The summed E-state index contributed by atoms with van der Waals surface area (Å²) < 4.78 is 12.1. The molecule has 1 aliphatic heterocycles. The van der Waals surface area contributed by atoms with Gasteiger partial charge in [0.1, 0.15) is 5.75 Å². The number of nitrogens with zero attached hydrogens (tertiary/aromatic N) is 2. The monoisotopic (exact) mass is 382 g/mol. The average molecular weight is 382 g/mol. The van der Waals surface area contributed by atoms with Gasteiger partial charge < -0.3 is 18.9 Å². The Kier molecular flexibility index (Phi) is 5.63. The van der Waals surface area contributed by atoms with Crippen molar-refractivity contribution in [2.45, 2.75) is 19.9 Å². The van der Waals surface area contributed by atoms with E-state index in [1.807, 2.05) is 0 Å². The summed E-state index contributed by atoms with van der Waals surface area (Å²) >= 11 is 0. The van der Waals surface area contributed by atoms with E-state index >= 15 is 0 Å². The van der Waals surface area contributed by atoms with Gasteiger partial charge in [0.2, 0.25) is 0 Å². The molecule has 0 radical (unpaired) electrons. The normalized spacial score (nSPS) is 14.1. The van der Waals surface area contributed by atoms with Crippen LogP contribution >= 0.6 is 0 Å². The minimum Gasteiger partial charge on any atom is -0.488 e. The van der Waals surface area contributed by atoms with Crippen LogP contribution in [0.1, 0.15) is 30.2 Å². The fraction of sp³-hybridized carbons (Fsp3) is 0.286. The first-order valence-electron chi connectivity index (χ1n) is 9.04. The van der Waals surface area contributed by atoms with Gasteiger partial charge in [0, 0.05) is 18.3 Å². The van der Waals surface area contributed by atoms with Crippen LogP contribution in [0.3, 0.4) is 0 Å². The molecule has 1 amide bonds. The molecular weight excluding hydrogens is 360 g/mol. The van der Waals surface area contributed by atoms with Gasteiger partial charge in [-0.25, -0.2) is 0 Å². The van der Waals surface area contributed by atoms with E-state index in [1.165, 1.54) is 9.47 Å². The zero-order chi connectivity index (χ0) is 20.3. The largest absolute Gasteiger partial charge is 0.488 e. The summed E-state index contributed by atoms with van der Waals surface area (Å²) in [6, 6.07) is 7.43. The lowest BCUT2D eigenvalue weighted by molar-refractivity contribution is -0.121. The Morgan fingerprint density at radius 2 is 2.14 bits per heavy atom. The summed E-state index contributed by atoms with van der Waals surface area (Å²) in [7, 11) is 0. The van der Waals surface area contributed by atoms with Crippen LogP contribution in [0.5, 0.6) is 11.5 Å². The first kappa shape index (κ1) is 19.4. The summed E-state index contributed by atoms with van der Waals surface area (Å²) in [5.41, 5.74) is 0.534. The van der Waals surface area contributed by atoms with Crippen LogP contribution in [0.2, 0.25) is 0 Å². The van der Waals surface area contributed by atoms with Crippen molar-refractivity contribution in [3.8, 4) is 11.5 Å². The first-order chi connectivity index (χ1) is 13.5. The second-order valence-electron chi connectivity index (χ2n) is 6.32. The van der Waals surface area contributed by atoms with Gasteiger partial charge in [-0.1, -0.05) is 6.08 Å². The highest BCUT2D eigenvalue weighted by molar-refractivity contribution is 6.03. The van der Waals surface area contributed by atoms with E-state index in [-0.39, 0.29) is 29.6 Å². The molecule has 7 nitrogen and oxygen atoms in total. The Bertz CT molecular complexity index is 979. The quantitative estimate of drug-likeness (QED) is 0.543. The molecule has 1 atom stereocenters. The van der Waals surface area contributed by atoms with Gasteiger partial charge in [-0.2, -0.15) is 0 Å². The molecule has 146 valence electrons. The molecule has 0 fully saturated rings. The molecule has 0 bridgehead atoms. The van der Waals surface area contributed by atoms with Crippen LogP contribution in [-0.4, -0.2) is 36.0 Å². The standard InChI is InChI=1S/C21H22N2O5/c1-4-10-23-16-12-15(8-9-17(16)28-13-19(23)24)20(25)14(3)22-11-6-7-18(21(22)26)27-5-2/h4,6-9,11-12,14H,1,5,10,13H2,2-3H3. The van der Waals surface area contributed by atoms with Crippen LogP contribution in [0.4, 0.5) is 5.69 Å². The molecule has 1 aromatic heterocycles. The number of carbonyl (C=O) groups is 2. The average Bonchev–Trinajstić information content (AvgIpc) is 2.70. The fourth-order valence-corrected chi connectivity index (χ4v) is 3.11. The van der Waals surface area contributed by atoms with Crippen molar-refractivity contribution in [2.75, 3.05) is 24.7 Å². The van der Waals surface area contributed by atoms with Gasteiger partial charge in [0.25, 0.3) is 11.5 Å². The second kappa shape index (κ2) is 8.12. The zero-order valence-electron chi connectivity index (χ0n) is 15.9. The Morgan fingerprint density at radius 1 is 1.36 bits per heavy atom. The van der Waals surface area contributed by atoms with E-state index in [4.69, 9.17) is 9.47 Å². The minimum absolute atomic E-state index is 0.0514. The Balaban J connectivity index is 1.95. The number of hydrogen-bond donors (Lipinski definition) is 0. The number of hydrogen-bond acceptors (Lipinski definition) is 5. The number of pyridine rings is 1. The summed E-state index contributed by atoms with van der Waals surface area (Å²) in [6.07, 6.45) is 3.17.